The molecule has 0 fully saturated rings. The van der Waals surface area contributed by atoms with Crippen LogP contribution in [-0.2, 0) is 4.79 Å². The van der Waals surface area contributed by atoms with E-state index in [9.17, 15) is 9.18 Å². The molecule has 0 saturated carbocycles. The van der Waals surface area contributed by atoms with Gasteiger partial charge in [0.2, 0.25) is 0 Å². The molecular weight excluding hydrogens is 215 g/mol. The van der Waals surface area contributed by atoms with E-state index in [0.29, 0.717) is 11.3 Å². The van der Waals surface area contributed by atoms with E-state index in [1.54, 1.807) is 18.2 Å². The number of aliphatic carboxylic acids is 1. The Labute approximate surface area is 92.5 Å². The van der Waals surface area contributed by atoms with Gasteiger partial charge in [0.15, 0.2) is 0 Å². The van der Waals surface area contributed by atoms with Gasteiger partial charge < -0.3 is 5.11 Å². The van der Waals surface area contributed by atoms with Gasteiger partial charge in [0.25, 0.3) is 0 Å². The summed E-state index contributed by atoms with van der Waals surface area (Å²) in [6, 6.07) is 6.53. The Kier molecular flexibility index (Phi) is 4.62. The number of benzene rings is 1. The van der Waals surface area contributed by atoms with Gasteiger partial charge in [-0.15, -0.1) is 11.8 Å². The van der Waals surface area contributed by atoms with E-state index in [0.717, 1.165) is 0 Å². The van der Waals surface area contributed by atoms with E-state index in [4.69, 9.17) is 5.11 Å². The first-order valence-electron chi connectivity index (χ1n) is 4.72. The van der Waals surface area contributed by atoms with Gasteiger partial charge in [0.05, 0.1) is 0 Å². The van der Waals surface area contributed by atoms with Crippen molar-refractivity contribution in [3.8, 4) is 0 Å². The maximum absolute atomic E-state index is 13.2. The minimum atomic E-state index is -0.809. The molecule has 1 aromatic rings. The van der Waals surface area contributed by atoms with Crippen LogP contribution < -0.4 is 0 Å². The lowest BCUT2D eigenvalue weighted by Crippen LogP contribution is -2.02. The van der Waals surface area contributed by atoms with Crippen molar-refractivity contribution in [2.45, 2.75) is 29.9 Å². The average Bonchev–Trinajstić information content (AvgIpc) is 2.18. The van der Waals surface area contributed by atoms with Crippen molar-refractivity contribution in [3.63, 3.8) is 0 Å². The van der Waals surface area contributed by atoms with Crippen molar-refractivity contribution in [3.05, 3.63) is 30.1 Å². The second-order valence-corrected chi connectivity index (χ2v) is 4.77. The first kappa shape index (κ1) is 12.0. The van der Waals surface area contributed by atoms with Crippen LogP contribution in [0.2, 0.25) is 0 Å². The Balaban J connectivity index is 2.47. The highest BCUT2D eigenvalue weighted by Crippen LogP contribution is 2.27. The van der Waals surface area contributed by atoms with Crippen LogP contribution in [0.4, 0.5) is 4.39 Å². The normalized spacial score (nSPS) is 12.4. The SMILES string of the molecule is CC(CCC(=O)O)Sc1ccccc1F. The van der Waals surface area contributed by atoms with Crippen LogP contribution in [0.1, 0.15) is 19.8 Å². The molecule has 0 aliphatic heterocycles. The molecule has 0 heterocycles. The predicted octanol–water partition coefficient (Wildman–Crippen LogP) is 3.17. The van der Waals surface area contributed by atoms with Gasteiger partial charge in [-0.1, -0.05) is 19.1 Å². The second kappa shape index (κ2) is 5.75. The van der Waals surface area contributed by atoms with Gasteiger partial charge in [-0.2, -0.15) is 0 Å². The van der Waals surface area contributed by atoms with Gasteiger partial charge in [-0.3, -0.25) is 4.79 Å². The van der Waals surface area contributed by atoms with Crippen LogP contribution in [0.5, 0.6) is 0 Å². The Bertz CT molecular complexity index is 341. The highest BCUT2D eigenvalue weighted by atomic mass is 32.2. The van der Waals surface area contributed by atoms with Crippen LogP contribution in [-0.4, -0.2) is 16.3 Å². The summed E-state index contributed by atoms with van der Waals surface area (Å²) in [6.45, 7) is 1.90. The molecule has 0 bridgehead atoms. The third-order valence-electron chi connectivity index (χ3n) is 1.93. The standard InChI is InChI=1S/C11H13FO2S/c1-8(6-7-11(13)14)15-10-5-3-2-4-9(10)12/h2-5,8H,6-7H2,1H3,(H,13,14). The van der Waals surface area contributed by atoms with E-state index in [1.165, 1.54) is 17.8 Å². The summed E-state index contributed by atoms with van der Waals surface area (Å²) < 4.78 is 13.2. The van der Waals surface area contributed by atoms with Crippen molar-refractivity contribution in [2.75, 3.05) is 0 Å². The zero-order valence-corrected chi connectivity index (χ0v) is 9.26. The highest BCUT2D eigenvalue weighted by Gasteiger charge is 2.09. The van der Waals surface area contributed by atoms with Gasteiger partial charge in [0.1, 0.15) is 5.82 Å². The Hall–Kier alpha value is -1.03. The molecule has 1 unspecified atom stereocenters. The summed E-state index contributed by atoms with van der Waals surface area (Å²) in [7, 11) is 0. The number of carboxylic acid groups (broad SMARTS) is 1. The minimum absolute atomic E-state index is 0.109. The molecule has 82 valence electrons. The van der Waals surface area contributed by atoms with Crippen molar-refractivity contribution in [2.24, 2.45) is 0 Å². The summed E-state index contributed by atoms with van der Waals surface area (Å²) in [6.07, 6.45) is 0.678. The lowest BCUT2D eigenvalue weighted by Gasteiger charge is -2.09. The average molecular weight is 228 g/mol. The maximum atomic E-state index is 13.2. The molecule has 0 aliphatic carbocycles. The Morgan fingerprint density at radius 1 is 1.53 bits per heavy atom. The maximum Gasteiger partial charge on any atom is 0.303 e. The molecule has 4 heteroatoms. The van der Waals surface area contributed by atoms with Crippen LogP contribution >= 0.6 is 11.8 Å². The largest absolute Gasteiger partial charge is 0.481 e. The number of carbonyl (C=O) groups is 1. The lowest BCUT2D eigenvalue weighted by molar-refractivity contribution is -0.137. The van der Waals surface area contributed by atoms with E-state index >= 15 is 0 Å². The molecule has 0 spiro atoms. The summed E-state index contributed by atoms with van der Waals surface area (Å²) in [5.74, 6) is -1.05. The van der Waals surface area contributed by atoms with E-state index in [-0.39, 0.29) is 17.5 Å². The molecule has 0 amide bonds. The number of rotatable bonds is 5. The van der Waals surface area contributed by atoms with Crippen LogP contribution in [0.3, 0.4) is 0 Å². The fraction of sp³-hybridized carbons (Fsp3) is 0.364. The van der Waals surface area contributed by atoms with Crippen molar-refractivity contribution in [1.29, 1.82) is 0 Å². The van der Waals surface area contributed by atoms with Crippen molar-refractivity contribution < 1.29 is 14.3 Å². The lowest BCUT2D eigenvalue weighted by atomic mass is 10.2. The fourth-order valence-electron chi connectivity index (χ4n) is 1.14. The predicted molar refractivity (Wildman–Crippen MR) is 58.6 cm³/mol. The summed E-state index contributed by atoms with van der Waals surface area (Å²) >= 11 is 1.37. The van der Waals surface area contributed by atoms with Gasteiger partial charge >= 0.3 is 5.97 Å². The highest BCUT2D eigenvalue weighted by molar-refractivity contribution is 7.99. The van der Waals surface area contributed by atoms with Crippen LogP contribution in [0.15, 0.2) is 29.2 Å². The van der Waals surface area contributed by atoms with Crippen LogP contribution in [0, 0.1) is 5.82 Å². The third-order valence-corrected chi connectivity index (χ3v) is 3.15. The molecule has 15 heavy (non-hydrogen) atoms. The number of hydrogen-bond donors (Lipinski definition) is 1. The van der Waals surface area contributed by atoms with Gasteiger partial charge in [-0.05, 0) is 18.6 Å². The number of carboxylic acids is 1. The molecule has 0 saturated heterocycles. The monoisotopic (exact) mass is 228 g/mol. The van der Waals surface area contributed by atoms with E-state index in [2.05, 4.69) is 0 Å². The zero-order chi connectivity index (χ0) is 11.3. The molecule has 1 N–H and O–H groups in total. The topological polar surface area (TPSA) is 37.3 Å². The molecule has 0 aromatic heterocycles. The van der Waals surface area contributed by atoms with Crippen molar-refractivity contribution in [1.82, 2.24) is 0 Å². The summed E-state index contributed by atoms with van der Waals surface area (Å²) in [5, 5.41) is 8.61. The van der Waals surface area contributed by atoms with E-state index < -0.39 is 5.97 Å². The number of hydrogen-bond acceptors (Lipinski definition) is 2. The number of thioether (sulfide) groups is 1. The van der Waals surface area contributed by atoms with Crippen molar-refractivity contribution >= 4 is 17.7 Å². The van der Waals surface area contributed by atoms with Gasteiger partial charge in [-0.25, -0.2) is 4.39 Å². The summed E-state index contributed by atoms with van der Waals surface area (Å²) in [4.78, 5) is 10.9. The number of halogens is 1. The van der Waals surface area contributed by atoms with Gasteiger partial charge in [0, 0.05) is 16.6 Å². The minimum Gasteiger partial charge on any atom is -0.481 e. The second-order valence-electron chi connectivity index (χ2n) is 3.29. The smallest absolute Gasteiger partial charge is 0.303 e. The molecule has 1 rings (SSSR count). The zero-order valence-electron chi connectivity index (χ0n) is 8.44. The molecule has 1 aromatic carbocycles. The molecule has 1 atom stereocenters. The molecule has 0 aliphatic rings. The molecule has 0 radical (unpaired) electrons. The summed E-state index contributed by atoms with van der Waals surface area (Å²) in [5.41, 5.74) is 0. The first-order chi connectivity index (χ1) is 7.09. The first-order valence-corrected chi connectivity index (χ1v) is 5.60. The Morgan fingerprint density at radius 3 is 2.80 bits per heavy atom. The molecule has 2 nitrogen and oxygen atoms in total. The Morgan fingerprint density at radius 2 is 2.20 bits per heavy atom. The third kappa shape index (κ3) is 4.34. The van der Waals surface area contributed by atoms with E-state index in [1.807, 2.05) is 6.92 Å². The fourth-order valence-corrected chi connectivity index (χ4v) is 2.15. The van der Waals surface area contributed by atoms with Crippen LogP contribution in [0.25, 0.3) is 0 Å². The quantitative estimate of drug-likeness (QED) is 0.786. The molecular formula is C11H13FO2S.